The summed E-state index contributed by atoms with van der Waals surface area (Å²) in [6.45, 7) is 3.09. The van der Waals surface area contributed by atoms with E-state index in [1.807, 2.05) is 11.8 Å². The van der Waals surface area contributed by atoms with Crippen molar-refractivity contribution in [2.45, 2.75) is 63.6 Å². The summed E-state index contributed by atoms with van der Waals surface area (Å²) in [5.74, 6) is 1.78. The van der Waals surface area contributed by atoms with Gasteiger partial charge < -0.3 is 15.3 Å². The smallest absolute Gasteiger partial charge is 0.318 e. The van der Waals surface area contributed by atoms with Gasteiger partial charge in [-0.15, -0.1) is 6.42 Å². The monoisotopic (exact) mass is 321 g/mol. The summed E-state index contributed by atoms with van der Waals surface area (Å²) in [6.07, 6.45) is 11.4. The van der Waals surface area contributed by atoms with Crippen molar-refractivity contribution >= 4 is 12.0 Å². The molecule has 23 heavy (non-hydrogen) atoms. The minimum atomic E-state index is -0.805. The Bertz CT molecular complexity index is 462. The Morgan fingerprint density at radius 3 is 2.43 bits per heavy atom. The lowest BCUT2D eigenvalue weighted by molar-refractivity contribution is -0.139. The minimum Gasteiger partial charge on any atom is -0.480 e. The maximum Gasteiger partial charge on any atom is 0.318 e. The predicted molar refractivity (Wildman–Crippen MR) is 88.0 cm³/mol. The molecule has 2 N–H and O–H groups in total. The molecule has 2 amide bonds. The number of aliphatic carboxylic acids is 1. The topological polar surface area (TPSA) is 72.9 Å². The Kier molecular flexibility index (Phi) is 6.28. The van der Waals surface area contributed by atoms with Gasteiger partial charge in [-0.05, 0) is 32.2 Å². The number of carboxylic acids is 1. The summed E-state index contributed by atoms with van der Waals surface area (Å²) >= 11 is 0. The van der Waals surface area contributed by atoms with Gasteiger partial charge in [0.1, 0.15) is 0 Å². The zero-order valence-electron chi connectivity index (χ0n) is 13.8. The molecular weight excluding hydrogens is 294 g/mol. The number of rotatable bonds is 7. The lowest BCUT2D eigenvalue weighted by atomic mass is 9.85. The van der Waals surface area contributed by atoms with E-state index in [0.717, 1.165) is 38.5 Å². The quantitative estimate of drug-likeness (QED) is 0.697. The van der Waals surface area contributed by atoms with E-state index in [0.29, 0.717) is 13.1 Å². The molecule has 0 bridgehead atoms. The molecule has 0 aromatic rings. The van der Waals surface area contributed by atoms with Crippen LogP contribution in [0.25, 0.3) is 0 Å². The largest absolute Gasteiger partial charge is 0.480 e. The second kappa shape index (κ2) is 8.21. The van der Waals surface area contributed by atoms with Gasteiger partial charge in [0.05, 0.1) is 13.1 Å². The van der Waals surface area contributed by atoms with Crippen LogP contribution in [0, 0.1) is 12.3 Å². The maximum atomic E-state index is 12.5. The van der Waals surface area contributed by atoms with Crippen molar-refractivity contribution in [3.63, 3.8) is 0 Å². The zero-order valence-corrected chi connectivity index (χ0v) is 13.8. The highest BCUT2D eigenvalue weighted by Crippen LogP contribution is 2.27. The van der Waals surface area contributed by atoms with Crippen LogP contribution in [-0.2, 0) is 4.79 Å². The van der Waals surface area contributed by atoms with Crippen molar-refractivity contribution in [3.05, 3.63) is 0 Å². The molecule has 128 valence electrons. The summed E-state index contributed by atoms with van der Waals surface area (Å²) in [5.41, 5.74) is 0. The Labute approximate surface area is 138 Å². The van der Waals surface area contributed by atoms with E-state index in [2.05, 4.69) is 11.2 Å². The number of terminal acetylenes is 1. The van der Waals surface area contributed by atoms with Crippen molar-refractivity contribution in [2.24, 2.45) is 0 Å². The predicted octanol–water partition coefficient (Wildman–Crippen LogP) is 1.51. The number of urea groups is 1. The van der Waals surface area contributed by atoms with Gasteiger partial charge in [0.25, 0.3) is 0 Å². The molecule has 0 aromatic carbocycles. The SMILES string of the molecule is C#CCN(C(=O)NC1CC(N(CC)CC(=O)O)C1)C1CCCC1. The van der Waals surface area contributed by atoms with Crippen LogP contribution < -0.4 is 5.32 Å². The third-order valence-corrected chi connectivity index (χ3v) is 4.99. The highest BCUT2D eigenvalue weighted by Gasteiger charge is 2.36. The standard InChI is InChI=1S/C17H27N3O3/c1-3-9-20(14-7-5-6-8-14)17(23)18-13-10-15(11-13)19(4-2)12-16(21)22/h1,13-15H,4-12H2,2H3,(H,18,23)(H,21,22). The maximum absolute atomic E-state index is 12.5. The van der Waals surface area contributed by atoms with Crippen LogP contribution in [0.3, 0.4) is 0 Å². The van der Waals surface area contributed by atoms with E-state index in [9.17, 15) is 9.59 Å². The van der Waals surface area contributed by atoms with Crippen molar-refractivity contribution in [2.75, 3.05) is 19.6 Å². The molecule has 6 nitrogen and oxygen atoms in total. The molecule has 0 spiro atoms. The number of nitrogens with zero attached hydrogens (tertiary/aromatic N) is 2. The molecule has 2 aliphatic rings. The van der Waals surface area contributed by atoms with Crippen molar-refractivity contribution in [1.82, 2.24) is 15.1 Å². The van der Waals surface area contributed by atoms with E-state index in [4.69, 9.17) is 11.5 Å². The molecule has 6 heteroatoms. The fourth-order valence-corrected chi connectivity index (χ4v) is 3.62. The van der Waals surface area contributed by atoms with Crippen LogP contribution in [0.2, 0.25) is 0 Å². The van der Waals surface area contributed by atoms with Crippen LogP contribution in [0.4, 0.5) is 4.79 Å². The van der Waals surface area contributed by atoms with E-state index in [1.54, 1.807) is 4.90 Å². The van der Waals surface area contributed by atoms with Crippen LogP contribution in [0.15, 0.2) is 0 Å². The van der Waals surface area contributed by atoms with E-state index in [-0.39, 0.29) is 30.7 Å². The average Bonchev–Trinajstić information content (AvgIpc) is 2.99. The third kappa shape index (κ3) is 4.61. The average molecular weight is 321 g/mol. The Morgan fingerprint density at radius 2 is 1.91 bits per heavy atom. The number of hydrogen-bond donors (Lipinski definition) is 2. The summed E-state index contributed by atoms with van der Waals surface area (Å²) in [5, 5.41) is 12.0. The summed E-state index contributed by atoms with van der Waals surface area (Å²) in [6, 6.07) is 0.562. The third-order valence-electron chi connectivity index (χ3n) is 4.99. The highest BCUT2D eigenvalue weighted by atomic mass is 16.4. The number of carboxylic acid groups (broad SMARTS) is 1. The van der Waals surface area contributed by atoms with Crippen LogP contribution in [0.5, 0.6) is 0 Å². The van der Waals surface area contributed by atoms with Crippen LogP contribution in [0.1, 0.15) is 45.4 Å². The first-order valence-corrected chi connectivity index (χ1v) is 8.51. The van der Waals surface area contributed by atoms with E-state index < -0.39 is 5.97 Å². The fraction of sp³-hybridized carbons (Fsp3) is 0.765. The first-order valence-electron chi connectivity index (χ1n) is 8.51. The Morgan fingerprint density at radius 1 is 1.26 bits per heavy atom. The molecule has 2 aliphatic carbocycles. The normalized spacial score (nSPS) is 24.0. The molecule has 0 aliphatic heterocycles. The van der Waals surface area contributed by atoms with Gasteiger partial charge in [0.2, 0.25) is 0 Å². The number of amides is 2. The molecule has 0 unspecified atom stereocenters. The first kappa shape index (κ1) is 17.6. The molecule has 0 saturated heterocycles. The van der Waals surface area contributed by atoms with E-state index in [1.165, 1.54) is 0 Å². The van der Waals surface area contributed by atoms with Gasteiger partial charge >= 0.3 is 12.0 Å². The molecule has 0 aromatic heterocycles. The van der Waals surface area contributed by atoms with Gasteiger partial charge in [-0.2, -0.15) is 0 Å². The zero-order chi connectivity index (χ0) is 16.8. The lowest BCUT2D eigenvalue weighted by Crippen LogP contribution is -2.57. The van der Waals surface area contributed by atoms with E-state index >= 15 is 0 Å². The highest BCUT2D eigenvalue weighted by molar-refractivity contribution is 5.75. The van der Waals surface area contributed by atoms with Gasteiger partial charge in [-0.25, -0.2) is 4.79 Å². The Hall–Kier alpha value is -1.74. The molecule has 2 fully saturated rings. The fourth-order valence-electron chi connectivity index (χ4n) is 3.62. The molecule has 0 heterocycles. The van der Waals surface area contributed by atoms with Gasteiger partial charge in [0.15, 0.2) is 0 Å². The molecule has 2 rings (SSSR count). The number of likely N-dealkylation sites (N-methyl/N-ethyl adjacent to an activating group) is 1. The number of carbonyl (C=O) groups is 2. The molecule has 2 saturated carbocycles. The molecule has 0 radical (unpaired) electrons. The van der Waals surface area contributed by atoms with Crippen molar-refractivity contribution in [3.8, 4) is 12.3 Å². The second-order valence-electron chi connectivity index (χ2n) is 6.50. The number of carbonyl (C=O) groups excluding carboxylic acids is 1. The lowest BCUT2D eigenvalue weighted by Gasteiger charge is -2.43. The van der Waals surface area contributed by atoms with Gasteiger partial charge in [-0.1, -0.05) is 25.7 Å². The number of hydrogen-bond acceptors (Lipinski definition) is 3. The van der Waals surface area contributed by atoms with Crippen molar-refractivity contribution < 1.29 is 14.7 Å². The van der Waals surface area contributed by atoms with Gasteiger partial charge in [-0.3, -0.25) is 9.69 Å². The summed E-state index contributed by atoms with van der Waals surface area (Å²) in [7, 11) is 0. The second-order valence-corrected chi connectivity index (χ2v) is 6.50. The Balaban J connectivity index is 1.80. The molecule has 0 atom stereocenters. The summed E-state index contributed by atoms with van der Waals surface area (Å²) < 4.78 is 0. The molecular formula is C17H27N3O3. The van der Waals surface area contributed by atoms with Crippen LogP contribution in [-0.4, -0.2) is 64.7 Å². The number of nitrogens with one attached hydrogen (secondary N) is 1. The summed E-state index contributed by atoms with van der Waals surface area (Å²) in [4.78, 5) is 27.0. The first-order chi connectivity index (χ1) is 11.0. The van der Waals surface area contributed by atoms with Gasteiger partial charge in [0, 0.05) is 18.1 Å². The minimum absolute atomic E-state index is 0.0626. The van der Waals surface area contributed by atoms with Crippen molar-refractivity contribution in [1.29, 1.82) is 0 Å². The van der Waals surface area contributed by atoms with Crippen LogP contribution >= 0.6 is 0 Å².